The summed E-state index contributed by atoms with van der Waals surface area (Å²) in [5.74, 6) is -0.247. The molecule has 4 rings (SSSR count). The van der Waals surface area contributed by atoms with Crippen LogP contribution in [0.3, 0.4) is 0 Å². The number of esters is 1. The minimum atomic E-state index is -0.777. The largest absolute Gasteiger partial charge is 0.421 e. The molecular weight excluding hydrogens is 306 g/mol. The van der Waals surface area contributed by atoms with Crippen LogP contribution in [0, 0.1) is 0 Å². The van der Waals surface area contributed by atoms with E-state index in [4.69, 9.17) is 4.74 Å². The van der Waals surface area contributed by atoms with E-state index in [1.807, 2.05) is 42.5 Å². The second kappa shape index (κ2) is 5.75. The van der Waals surface area contributed by atoms with E-state index in [-0.39, 0.29) is 5.69 Å². The number of rotatable bonds is 3. The molecule has 1 aromatic heterocycles. The summed E-state index contributed by atoms with van der Waals surface area (Å²) in [6.45, 7) is 0. The first-order valence-electron chi connectivity index (χ1n) is 7.41. The summed E-state index contributed by atoms with van der Waals surface area (Å²) < 4.78 is 6.89. The van der Waals surface area contributed by atoms with Crippen molar-refractivity contribution in [2.75, 3.05) is 0 Å². The first-order valence-corrected chi connectivity index (χ1v) is 7.41. The van der Waals surface area contributed by atoms with Gasteiger partial charge >= 0.3 is 5.97 Å². The number of aliphatic hydroxyl groups excluding tert-OH is 1. The van der Waals surface area contributed by atoms with Crippen LogP contribution in [-0.4, -0.2) is 26.1 Å². The van der Waals surface area contributed by atoms with Crippen LogP contribution in [0.1, 0.15) is 27.7 Å². The minimum Gasteiger partial charge on any atom is -0.421 e. The van der Waals surface area contributed by atoms with Crippen LogP contribution in [-0.2, 0) is 4.74 Å². The standard InChI is InChI=1S/C18H13N3O3/c22-16-10-17(14-9-5-4-8-13(14)16)24-18(23)15-11-19-20-21(15)12-6-2-1-3-7-12/h1-11,16,22H. The lowest BCUT2D eigenvalue weighted by atomic mass is 10.1. The molecule has 0 saturated carbocycles. The van der Waals surface area contributed by atoms with Gasteiger partial charge in [0.15, 0.2) is 5.69 Å². The molecule has 1 aliphatic rings. The number of fused-ring (bicyclic) bond motifs is 1. The van der Waals surface area contributed by atoms with Crippen molar-refractivity contribution in [1.82, 2.24) is 15.0 Å². The SMILES string of the molecule is O=C(OC1=CC(O)c2ccccc21)c1cnnn1-c1ccccc1. The summed E-state index contributed by atoms with van der Waals surface area (Å²) in [5, 5.41) is 17.8. The van der Waals surface area contributed by atoms with Crippen LogP contribution in [0.25, 0.3) is 11.4 Å². The van der Waals surface area contributed by atoms with E-state index in [2.05, 4.69) is 10.3 Å². The summed E-state index contributed by atoms with van der Waals surface area (Å²) in [5.41, 5.74) is 2.34. The highest BCUT2D eigenvalue weighted by atomic mass is 16.5. The average Bonchev–Trinajstić information content (AvgIpc) is 3.22. The Kier molecular flexibility index (Phi) is 3.44. The molecule has 1 N–H and O–H groups in total. The molecular formula is C18H13N3O3. The fourth-order valence-corrected chi connectivity index (χ4v) is 2.68. The fourth-order valence-electron chi connectivity index (χ4n) is 2.68. The van der Waals surface area contributed by atoms with Crippen molar-refractivity contribution in [3.8, 4) is 5.69 Å². The zero-order valence-corrected chi connectivity index (χ0v) is 12.5. The minimum absolute atomic E-state index is 0.209. The topological polar surface area (TPSA) is 77.2 Å². The number of benzene rings is 2. The van der Waals surface area contributed by atoms with Crippen molar-refractivity contribution >= 4 is 11.7 Å². The third-order valence-electron chi connectivity index (χ3n) is 3.82. The maximum atomic E-state index is 12.5. The Morgan fingerprint density at radius 1 is 1.08 bits per heavy atom. The van der Waals surface area contributed by atoms with E-state index >= 15 is 0 Å². The molecule has 0 amide bonds. The third kappa shape index (κ3) is 2.39. The number of carbonyl (C=O) groups is 1. The van der Waals surface area contributed by atoms with E-state index in [1.54, 1.807) is 12.1 Å². The molecule has 0 saturated heterocycles. The van der Waals surface area contributed by atoms with Crippen LogP contribution in [0.4, 0.5) is 0 Å². The Balaban J connectivity index is 1.63. The van der Waals surface area contributed by atoms with Crippen LogP contribution in [0.15, 0.2) is 66.9 Å². The van der Waals surface area contributed by atoms with Crippen LogP contribution in [0.5, 0.6) is 0 Å². The number of hydrogen-bond acceptors (Lipinski definition) is 5. The molecule has 6 heteroatoms. The highest BCUT2D eigenvalue weighted by molar-refractivity contribution is 5.92. The van der Waals surface area contributed by atoms with E-state index in [0.717, 1.165) is 5.56 Å². The van der Waals surface area contributed by atoms with Gasteiger partial charge in [-0.05, 0) is 23.8 Å². The molecule has 1 atom stereocenters. The molecule has 118 valence electrons. The third-order valence-corrected chi connectivity index (χ3v) is 3.82. The van der Waals surface area contributed by atoms with Gasteiger partial charge in [-0.15, -0.1) is 5.10 Å². The highest BCUT2D eigenvalue weighted by Crippen LogP contribution is 2.35. The first-order chi connectivity index (χ1) is 11.7. The van der Waals surface area contributed by atoms with Gasteiger partial charge < -0.3 is 9.84 Å². The second-order valence-corrected chi connectivity index (χ2v) is 5.32. The normalized spacial score (nSPS) is 15.7. The van der Waals surface area contributed by atoms with Crippen molar-refractivity contribution in [2.24, 2.45) is 0 Å². The molecule has 0 aliphatic heterocycles. The molecule has 0 fully saturated rings. The molecule has 24 heavy (non-hydrogen) atoms. The Morgan fingerprint density at radius 2 is 1.83 bits per heavy atom. The summed E-state index contributed by atoms with van der Waals surface area (Å²) in [6, 6.07) is 16.5. The lowest BCUT2D eigenvalue weighted by molar-refractivity contribution is 0.0682. The van der Waals surface area contributed by atoms with Crippen molar-refractivity contribution in [1.29, 1.82) is 0 Å². The van der Waals surface area contributed by atoms with Gasteiger partial charge in [0.05, 0.1) is 11.9 Å². The number of ether oxygens (including phenoxy) is 1. The maximum Gasteiger partial charge on any atom is 0.364 e. The van der Waals surface area contributed by atoms with Gasteiger partial charge in [0, 0.05) is 5.56 Å². The fraction of sp³-hybridized carbons (Fsp3) is 0.0556. The van der Waals surface area contributed by atoms with Crippen LogP contribution >= 0.6 is 0 Å². The van der Waals surface area contributed by atoms with Crippen molar-refractivity contribution in [3.63, 3.8) is 0 Å². The van der Waals surface area contributed by atoms with Crippen molar-refractivity contribution in [2.45, 2.75) is 6.10 Å². The smallest absolute Gasteiger partial charge is 0.364 e. The molecule has 1 unspecified atom stereocenters. The predicted molar refractivity (Wildman–Crippen MR) is 86.2 cm³/mol. The molecule has 3 aromatic rings. The lowest BCUT2D eigenvalue weighted by Crippen LogP contribution is -2.11. The Hall–Kier alpha value is -3.25. The summed E-state index contributed by atoms with van der Waals surface area (Å²) >= 11 is 0. The quantitative estimate of drug-likeness (QED) is 0.751. The molecule has 2 aromatic carbocycles. The molecule has 0 bridgehead atoms. The van der Waals surface area contributed by atoms with Gasteiger partial charge in [0.25, 0.3) is 0 Å². The molecule has 0 radical (unpaired) electrons. The number of para-hydroxylation sites is 1. The van der Waals surface area contributed by atoms with Gasteiger partial charge in [0.2, 0.25) is 0 Å². The van der Waals surface area contributed by atoms with Crippen molar-refractivity contribution in [3.05, 3.63) is 83.7 Å². The Morgan fingerprint density at radius 3 is 2.67 bits per heavy atom. The van der Waals surface area contributed by atoms with Gasteiger partial charge in [-0.2, -0.15) is 0 Å². The Bertz CT molecular complexity index is 931. The van der Waals surface area contributed by atoms with E-state index in [9.17, 15) is 9.90 Å². The van der Waals surface area contributed by atoms with E-state index in [1.165, 1.54) is 17.0 Å². The maximum absolute atomic E-state index is 12.5. The number of hydrogen-bond donors (Lipinski definition) is 1. The highest BCUT2D eigenvalue weighted by Gasteiger charge is 2.26. The number of nitrogens with zero attached hydrogens (tertiary/aromatic N) is 3. The second-order valence-electron chi connectivity index (χ2n) is 5.32. The molecule has 0 spiro atoms. The average molecular weight is 319 g/mol. The van der Waals surface area contributed by atoms with Gasteiger partial charge in [-0.25, -0.2) is 9.48 Å². The monoisotopic (exact) mass is 319 g/mol. The number of carbonyl (C=O) groups excluding carboxylic acids is 1. The summed E-state index contributed by atoms with van der Waals surface area (Å²) in [4.78, 5) is 12.5. The van der Waals surface area contributed by atoms with E-state index in [0.29, 0.717) is 17.0 Å². The molecule has 1 heterocycles. The first kappa shape index (κ1) is 14.3. The van der Waals surface area contributed by atoms with Crippen LogP contribution in [0.2, 0.25) is 0 Å². The zero-order valence-electron chi connectivity index (χ0n) is 12.5. The van der Waals surface area contributed by atoms with Gasteiger partial charge in [-0.3, -0.25) is 0 Å². The molecule has 6 nitrogen and oxygen atoms in total. The molecule has 1 aliphatic carbocycles. The number of aromatic nitrogens is 3. The zero-order chi connectivity index (χ0) is 16.5. The number of aliphatic hydroxyl groups is 1. The predicted octanol–water partition coefficient (Wildman–Crippen LogP) is 2.51. The lowest BCUT2D eigenvalue weighted by Gasteiger charge is -2.08. The Labute approximate surface area is 137 Å². The van der Waals surface area contributed by atoms with Crippen LogP contribution < -0.4 is 0 Å². The van der Waals surface area contributed by atoms with Gasteiger partial charge in [-0.1, -0.05) is 47.7 Å². The summed E-state index contributed by atoms with van der Waals surface area (Å²) in [6.07, 6.45) is 2.09. The van der Waals surface area contributed by atoms with E-state index < -0.39 is 12.1 Å². The summed E-state index contributed by atoms with van der Waals surface area (Å²) in [7, 11) is 0. The van der Waals surface area contributed by atoms with Crippen molar-refractivity contribution < 1.29 is 14.6 Å². The van der Waals surface area contributed by atoms with Gasteiger partial charge in [0.1, 0.15) is 11.9 Å².